The topological polar surface area (TPSA) is 12.9 Å². The molecule has 1 aromatic carbocycles. The monoisotopic (exact) mass is 285 g/mol. The lowest BCUT2D eigenvalue weighted by Gasteiger charge is -2.00. The Morgan fingerprint density at radius 3 is 2.93 bits per heavy atom. The van der Waals surface area contributed by atoms with E-state index < -0.39 is 0 Å². The van der Waals surface area contributed by atoms with Crippen molar-refractivity contribution in [3.63, 3.8) is 0 Å². The van der Waals surface area contributed by atoms with Crippen LogP contribution in [-0.2, 0) is 6.42 Å². The highest BCUT2D eigenvalue weighted by Crippen LogP contribution is 2.31. The van der Waals surface area contributed by atoms with E-state index in [9.17, 15) is 4.39 Å². The van der Waals surface area contributed by atoms with Crippen LogP contribution in [-0.4, -0.2) is 4.98 Å². The molecule has 0 fully saturated rings. The lowest BCUT2D eigenvalue weighted by Crippen LogP contribution is -1.83. The summed E-state index contributed by atoms with van der Waals surface area (Å²) in [5, 5.41) is 2.87. The standard InChI is InChI=1S/C11H9BrFNS/c1-2-8-6-15-11(14-8)9-5-7(13)3-4-10(9)12/h3-6H,2H2,1H3. The van der Waals surface area contributed by atoms with Crippen molar-refractivity contribution in [3.8, 4) is 10.6 Å². The summed E-state index contributed by atoms with van der Waals surface area (Å²) in [4.78, 5) is 4.42. The first-order chi connectivity index (χ1) is 7.20. The van der Waals surface area contributed by atoms with E-state index in [1.54, 1.807) is 17.4 Å². The van der Waals surface area contributed by atoms with Crippen molar-refractivity contribution >= 4 is 27.3 Å². The summed E-state index contributed by atoms with van der Waals surface area (Å²) in [6.45, 7) is 2.06. The first kappa shape index (κ1) is 10.8. The number of rotatable bonds is 2. The van der Waals surface area contributed by atoms with E-state index in [1.807, 2.05) is 5.38 Å². The van der Waals surface area contributed by atoms with Gasteiger partial charge < -0.3 is 0 Å². The molecule has 0 bridgehead atoms. The molecule has 0 aliphatic carbocycles. The minimum absolute atomic E-state index is 0.235. The Morgan fingerprint density at radius 1 is 1.47 bits per heavy atom. The van der Waals surface area contributed by atoms with Gasteiger partial charge in [-0.25, -0.2) is 9.37 Å². The van der Waals surface area contributed by atoms with Gasteiger partial charge in [-0.15, -0.1) is 11.3 Å². The molecule has 1 nitrogen and oxygen atoms in total. The Balaban J connectivity index is 2.48. The molecule has 0 spiro atoms. The fraction of sp³-hybridized carbons (Fsp3) is 0.182. The quantitative estimate of drug-likeness (QED) is 0.803. The fourth-order valence-electron chi connectivity index (χ4n) is 1.25. The van der Waals surface area contributed by atoms with Crippen molar-refractivity contribution in [1.82, 2.24) is 4.98 Å². The minimum atomic E-state index is -0.235. The molecule has 2 aromatic rings. The van der Waals surface area contributed by atoms with E-state index >= 15 is 0 Å². The summed E-state index contributed by atoms with van der Waals surface area (Å²) < 4.78 is 14.0. The van der Waals surface area contributed by atoms with Gasteiger partial charge in [-0.2, -0.15) is 0 Å². The normalized spacial score (nSPS) is 10.6. The molecular formula is C11H9BrFNS. The number of aromatic nitrogens is 1. The molecule has 4 heteroatoms. The molecule has 0 unspecified atom stereocenters. The molecule has 1 aromatic heterocycles. The number of hydrogen-bond donors (Lipinski definition) is 0. The lowest BCUT2D eigenvalue weighted by atomic mass is 10.2. The van der Waals surface area contributed by atoms with Crippen molar-refractivity contribution in [2.24, 2.45) is 0 Å². The van der Waals surface area contributed by atoms with Crippen LogP contribution >= 0.6 is 27.3 Å². The van der Waals surface area contributed by atoms with Crippen LogP contribution in [0.2, 0.25) is 0 Å². The lowest BCUT2D eigenvalue weighted by molar-refractivity contribution is 0.628. The van der Waals surface area contributed by atoms with Crippen molar-refractivity contribution in [2.45, 2.75) is 13.3 Å². The van der Waals surface area contributed by atoms with Crippen molar-refractivity contribution in [2.75, 3.05) is 0 Å². The second-order valence-corrected chi connectivity index (χ2v) is 4.83. The van der Waals surface area contributed by atoms with E-state index in [2.05, 4.69) is 27.8 Å². The molecular weight excluding hydrogens is 277 g/mol. The molecule has 2 rings (SSSR count). The van der Waals surface area contributed by atoms with Crippen LogP contribution in [0.1, 0.15) is 12.6 Å². The molecule has 0 aliphatic heterocycles. The van der Waals surface area contributed by atoms with Gasteiger partial charge in [-0.1, -0.05) is 22.9 Å². The third-order valence-corrected chi connectivity index (χ3v) is 3.69. The zero-order valence-electron chi connectivity index (χ0n) is 8.13. The molecule has 0 atom stereocenters. The van der Waals surface area contributed by atoms with Gasteiger partial charge in [-0.05, 0) is 24.6 Å². The van der Waals surface area contributed by atoms with Crippen molar-refractivity contribution < 1.29 is 4.39 Å². The number of aryl methyl sites for hydroxylation is 1. The molecule has 0 saturated heterocycles. The Morgan fingerprint density at radius 2 is 2.27 bits per heavy atom. The summed E-state index contributed by atoms with van der Waals surface area (Å²) in [6.07, 6.45) is 0.906. The highest BCUT2D eigenvalue weighted by Gasteiger charge is 2.08. The van der Waals surface area contributed by atoms with Crippen LogP contribution in [0.15, 0.2) is 28.1 Å². The van der Waals surface area contributed by atoms with E-state index in [1.165, 1.54) is 12.1 Å². The average molecular weight is 286 g/mol. The second-order valence-electron chi connectivity index (χ2n) is 3.12. The summed E-state index contributed by atoms with van der Waals surface area (Å²) in [5.74, 6) is -0.235. The zero-order valence-corrected chi connectivity index (χ0v) is 10.5. The summed E-state index contributed by atoms with van der Waals surface area (Å²) >= 11 is 4.94. The Hall–Kier alpha value is -0.740. The number of nitrogens with zero attached hydrogens (tertiary/aromatic N) is 1. The third-order valence-electron chi connectivity index (χ3n) is 2.07. The highest BCUT2D eigenvalue weighted by atomic mass is 79.9. The molecule has 0 saturated carbocycles. The smallest absolute Gasteiger partial charge is 0.124 e. The van der Waals surface area contributed by atoms with Crippen LogP contribution < -0.4 is 0 Å². The maximum absolute atomic E-state index is 13.1. The zero-order chi connectivity index (χ0) is 10.8. The largest absolute Gasteiger partial charge is 0.241 e. The van der Waals surface area contributed by atoms with Crippen LogP contribution in [0.25, 0.3) is 10.6 Å². The van der Waals surface area contributed by atoms with Gasteiger partial charge in [0.2, 0.25) is 0 Å². The van der Waals surface area contributed by atoms with Crippen LogP contribution in [0.4, 0.5) is 4.39 Å². The molecule has 78 valence electrons. The van der Waals surface area contributed by atoms with Gasteiger partial charge in [0.25, 0.3) is 0 Å². The van der Waals surface area contributed by atoms with Crippen molar-refractivity contribution in [1.29, 1.82) is 0 Å². The predicted molar refractivity (Wildman–Crippen MR) is 64.6 cm³/mol. The van der Waals surface area contributed by atoms with Gasteiger partial charge in [-0.3, -0.25) is 0 Å². The maximum Gasteiger partial charge on any atom is 0.124 e. The second kappa shape index (κ2) is 4.41. The maximum atomic E-state index is 13.1. The first-order valence-corrected chi connectivity index (χ1v) is 6.28. The van der Waals surface area contributed by atoms with Crippen molar-refractivity contribution in [3.05, 3.63) is 39.6 Å². The summed E-state index contributed by atoms with van der Waals surface area (Å²) in [7, 11) is 0. The highest BCUT2D eigenvalue weighted by molar-refractivity contribution is 9.10. The van der Waals surface area contributed by atoms with Gasteiger partial charge in [0, 0.05) is 15.4 Å². The first-order valence-electron chi connectivity index (χ1n) is 4.60. The van der Waals surface area contributed by atoms with Gasteiger partial charge >= 0.3 is 0 Å². The van der Waals surface area contributed by atoms with E-state index in [4.69, 9.17) is 0 Å². The number of halogens is 2. The number of hydrogen-bond acceptors (Lipinski definition) is 2. The average Bonchev–Trinajstić information content (AvgIpc) is 2.70. The SMILES string of the molecule is CCc1csc(-c2cc(F)ccc2Br)n1. The van der Waals surface area contributed by atoms with E-state index in [0.29, 0.717) is 0 Å². The molecule has 0 aliphatic rings. The van der Waals surface area contributed by atoms with E-state index in [-0.39, 0.29) is 5.82 Å². The number of thiazole rings is 1. The van der Waals surface area contributed by atoms with Crippen LogP contribution in [0, 0.1) is 5.82 Å². The molecule has 15 heavy (non-hydrogen) atoms. The molecule has 0 amide bonds. The third kappa shape index (κ3) is 2.26. The summed E-state index contributed by atoms with van der Waals surface area (Å²) in [6, 6.07) is 4.64. The van der Waals surface area contributed by atoms with Crippen LogP contribution in [0.5, 0.6) is 0 Å². The Bertz CT molecular complexity index is 481. The minimum Gasteiger partial charge on any atom is -0.241 e. The fourth-order valence-corrected chi connectivity index (χ4v) is 2.75. The summed E-state index contributed by atoms with van der Waals surface area (Å²) in [5.41, 5.74) is 1.87. The molecule has 0 N–H and O–H groups in total. The molecule has 1 heterocycles. The van der Waals surface area contributed by atoms with Crippen LogP contribution in [0.3, 0.4) is 0 Å². The van der Waals surface area contributed by atoms with Gasteiger partial charge in [0.15, 0.2) is 0 Å². The van der Waals surface area contributed by atoms with Gasteiger partial charge in [0.05, 0.1) is 5.69 Å². The Labute approximate surface area is 100 Å². The number of benzene rings is 1. The van der Waals surface area contributed by atoms with Gasteiger partial charge in [0.1, 0.15) is 10.8 Å². The Kier molecular flexibility index (Phi) is 3.17. The molecule has 0 radical (unpaired) electrons. The van der Waals surface area contributed by atoms with E-state index in [0.717, 1.165) is 27.2 Å². The predicted octanol–water partition coefficient (Wildman–Crippen LogP) is 4.27.